The van der Waals surface area contributed by atoms with Crippen molar-refractivity contribution < 1.29 is 45.6 Å². The summed E-state index contributed by atoms with van der Waals surface area (Å²) < 4.78 is 93.6. The van der Waals surface area contributed by atoms with Crippen LogP contribution in [0, 0.1) is 34.5 Å². The van der Waals surface area contributed by atoms with Gasteiger partial charge in [-0.05, 0) is 110 Å². The maximum Gasteiger partial charge on any atom is 0.453 e. The molecule has 0 aromatic heterocycles. The topological polar surface area (TPSA) is 46.2 Å². The number of allylic oxidation sites excluding steroid dienone is 1. The molecule has 5 nitrogen and oxygen atoms in total. The van der Waals surface area contributed by atoms with Gasteiger partial charge in [0.05, 0.1) is 32.0 Å². The molecule has 0 aromatic rings. The molecule has 11 heteroatoms. The van der Waals surface area contributed by atoms with Gasteiger partial charge < -0.3 is 23.7 Å². The summed E-state index contributed by atoms with van der Waals surface area (Å²) in [6.07, 6.45) is 17.7. The second kappa shape index (κ2) is 19.1. The van der Waals surface area contributed by atoms with Crippen molar-refractivity contribution in [1.82, 2.24) is 0 Å². The maximum atomic E-state index is 13.0. The molecule has 1 heterocycles. The first kappa shape index (κ1) is 42.7. The zero-order valence-corrected chi connectivity index (χ0v) is 33.0. The Labute approximate surface area is 314 Å². The SMILES string of the molecule is COCO[C@H]1CC[C@H]2[C@@H]3CC[C@H]4CC5(CC[C@]4(C)[C@H]3[C@@H](OCC=CCCCCCCCCCCSCCCC(F)(F)C(F)(F)F)C[C@]12C)OCCO5. The second-order valence-corrected chi connectivity index (χ2v) is 18.3. The van der Waals surface area contributed by atoms with Gasteiger partial charge >= 0.3 is 12.1 Å². The fourth-order valence-electron chi connectivity index (χ4n) is 11.1. The van der Waals surface area contributed by atoms with Crippen LogP contribution in [0.4, 0.5) is 22.0 Å². The van der Waals surface area contributed by atoms with Crippen molar-refractivity contribution >= 4 is 11.8 Å². The van der Waals surface area contributed by atoms with E-state index in [4.69, 9.17) is 23.7 Å². The molecule has 52 heavy (non-hydrogen) atoms. The Balaban J connectivity index is 0.987. The predicted octanol–water partition coefficient (Wildman–Crippen LogP) is 11.5. The molecule has 0 bridgehead atoms. The third-order valence-corrected chi connectivity index (χ3v) is 15.0. The fourth-order valence-corrected chi connectivity index (χ4v) is 12.1. The average molecular weight is 767 g/mol. The van der Waals surface area contributed by atoms with Gasteiger partial charge in [-0.2, -0.15) is 33.7 Å². The van der Waals surface area contributed by atoms with Crippen LogP contribution in [0.1, 0.15) is 136 Å². The maximum absolute atomic E-state index is 13.0. The molecule has 302 valence electrons. The van der Waals surface area contributed by atoms with Crippen LogP contribution in [0.15, 0.2) is 12.2 Å². The lowest BCUT2D eigenvalue weighted by molar-refractivity contribution is -0.284. The highest BCUT2D eigenvalue weighted by Crippen LogP contribution is 2.68. The Morgan fingerprint density at radius 1 is 0.750 bits per heavy atom. The third-order valence-electron chi connectivity index (χ3n) is 13.9. The number of ether oxygens (including phenoxy) is 5. The summed E-state index contributed by atoms with van der Waals surface area (Å²) in [5.74, 6) is -1.27. The summed E-state index contributed by atoms with van der Waals surface area (Å²) in [4.78, 5) is 0. The van der Waals surface area contributed by atoms with E-state index in [9.17, 15) is 22.0 Å². The van der Waals surface area contributed by atoms with Crippen LogP contribution >= 0.6 is 11.8 Å². The first-order valence-electron chi connectivity index (χ1n) is 20.5. The van der Waals surface area contributed by atoms with Gasteiger partial charge in [0.1, 0.15) is 6.79 Å². The smallest absolute Gasteiger partial charge is 0.374 e. The lowest BCUT2D eigenvalue weighted by Crippen LogP contribution is -2.61. The molecule has 1 spiro atoms. The number of alkyl halides is 5. The summed E-state index contributed by atoms with van der Waals surface area (Å²) in [6, 6.07) is 0. The molecule has 0 N–H and O–H groups in total. The highest BCUT2D eigenvalue weighted by atomic mass is 32.2. The molecule has 4 saturated carbocycles. The summed E-state index contributed by atoms with van der Waals surface area (Å²) in [6.45, 7) is 7.50. The van der Waals surface area contributed by atoms with Crippen molar-refractivity contribution in [1.29, 1.82) is 0 Å². The molecule has 5 fully saturated rings. The predicted molar refractivity (Wildman–Crippen MR) is 196 cm³/mol. The fraction of sp³-hybridized carbons (Fsp3) is 0.951. The highest BCUT2D eigenvalue weighted by Gasteiger charge is 2.65. The van der Waals surface area contributed by atoms with Crippen LogP contribution in [-0.4, -0.2) is 75.3 Å². The number of hydrogen-bond donors (Lipinski definition) is 0. The quantitative estimate of drug-likeness (QED) is 0.0502. The Kier molecular flexibility index (Phi) is 15.7. The third kappa shape index (κ3) is 10.3. The normalized spacial score (nSPS) is 34.5. The number of fused-ring (bicyclic) bond motifs is 5. The van der Waals surface area contributed by atoms with Crippen molar-refractivity contribution in [2.24, 2.45) is 34.5 Å². The van der Waals surface area contributed by atoms with Gasteiger partial charge in [0.25, 0.3) is 0 Å². The van der Waals surface area contributed by atoms with Gasteiger partial charge in [0, 0.05) is 26.4 Å². The number of unbranched alkanes of at least 4 members (excludes halogenated alkanes) is 8. The van der Waals surface area contributed by atoms with E-state index < -0.39 is 18.5 Å². The molecule has 4 aliphatic carbocycles. The monoisotopic (exact) mass is 766 g/mol. The molecular formula is C41H67F5O5S. The minimum absolute atomic E-state index is 0.106. The Morgan fingerprint density at radius 2 is 1.44 bits per heavy atom. The molecule has 0 radical (unpaired) electrons. The van der Waals surface area contributed by atoms with Crippen LogP contribution in [0.3, 0.4) is 0 Å². The highest BCUT2D eigenvalue weighted by molar-refractivity contribution is 7.99. The van der Waals surface area contributed by atoms with E-state index in [2.05, 4.69) is 26.0 Å². The summed E-state index contributed by atoms with van der Waals surface area (Å²) in [5, 5.41) is 0. The first-order valence-corrected chi connectivity index (χ1v) is 21.7. The molecule has 5 aliphatic rings. The lowest BCUT2D eigenvalue weighted by atomic mass is 9.44. The van der Waals surface area contributed by atoms with Crippen molar-refractivity contribution in [3.63, 3.8) is 0 Å². The second-order valence-electron chi connectivity index (χ2n) is 17.1. The number of hydrogen-bond acceptors (Lipinski definition) is 6. The van der Waals surface area contributed by atoms with Gasteiger partial charge in [-0.15, -0.1) is 0 Å². The van der Waals surface area contributed by atoms with E-state index in [1.807, 2.05) is 0 Å². The number of thioether (sulfide) groups is 1. The molecule has 1 aliphatic heterocycles. The van der Waals surface area contributed by atoms with Gasteiger partial charge in [0.2, 0.25) is 0 Å². The first-order chi connectivity index (χ1) is 24.9. The minimum Gasteiger partial charge on any atom is -0.374 e. The van der Waals surface area contributed by atoms with Crippen molar-refractivity contribution in [2.45, 2.75) is 166 Å². The molecule has 5 rings (SSSR count). The van der Waals surface area contributed by atoms with Crippen LogP contribution in [0.5, 0.6) is 0 Å². The van der Waals surface area contributed by atoms with Crippen molar-refractivity contribution in [3.8, 4) is 0 Å². The molecule has 0 amide bonds. The summed E-state index contributed by atoms with van der Waals surface area (Å²) >= 11 is 1.48. The van der Waals surface area contributed by atoms with Crippen LogP contribution < -0.4 is 0 Å². The Morgan fingerprint density at radius 3 is 2.15 bits per heavy atom. The summed E-state index contributed by atoms with van der Waals surface area (Å²) in [7, 11) is 1.71. The van der Waals surface area contributed by atoms with E-state index >= 15 is 0 Å². The molecular weight excluding hydrogens is 700 g/mol. The van der Waals surface area contributed by atoms with Gasteiger partial charge in [0.15, 0.2) is 5.79 Å². The van der Waals surface area contributed by atoms with E-state index in [-0.39, 0.29) is 35.2 Å². The van der Waals surface area contributed by atoms with Crippen LogP contribution in [-0.2, 0) is 23.7 Å². The van der Waals surface area contributed by atoms with E-state index in [0.717, 1.165) is 76.8 Å². The molecule has 0 aromatic carbocycles. The van der Waals surface area contributed by atoms with Crippen LogP contribution in [0.25, 0.3) is 0 Å². The largest absolute Gasteiger partial charge is 0.453 e. The average Bonchev–Trinajstić information content (AvgIpc) is 3.69. The standard InChI is InChI=1S/C41H67F5O5S/c1-37-21-22-39(50-24-25-51-39)28-31(37)16-17-32-33-18-19-35(49-30-47-3)38(33,2)29-34(36(32)37)48-23-13-11-9-7-5-4-6-8-10-12-14-26-52-27-15-20-40(42,43)41(44,45)46/h11,13,31-36H,4-10,12,14-30H2,1-3H3/t31-,32-,33-,34-,35-,36+,37-,38-/m0/s1. The minimum atomic E-state index is -5.44. The van der Waals surface area contributed by atoms with E-state index in [1.54, 1.807) is 7.11 Å². The molecule has 1 saturated heterocycles. The van der Waals surface area contributed by atoms with Crippen LogP contribution in [0.2, 0.25) is 0 Å². The van der Waals surface area contributed by atoms with Gasteiger partial charge in [-0.25, -0.2) is 0 Å². The van der Waals surface area contributed by atoms with E-state index in [0.29, 0.717) is 42.8 Å². The number of halogens is 5. The van der Waals surface area contributed by atoms with Gasteiger partial charge in [-0.3, -0.25) is 0 Å². The molecule has 0 unspecified atom stereocenters. The number of rotatable bonds is 21. The van der Waals surface area contributed by atoms with Gasteiger partial charge in [-0.1, -0.05) is 64.5 Å². The van der Waals surface area contributed by atoms with E-state index in [1.165, 1.54) is 63.1 Å². The Bertz CT molecular complexity index is 1100. The molecule has 8 atom stereocenters. The Hall–Kier alpha value is -0.460. The lowest BCUT2D eigenvalue weighted by Gasteiger charge is -2.63. The summed E-state index contributed by atoms with van der Waals surface area (Å²) in [5.41, 5.74) is 0.337. The van der Waals surface area contributed by atoms with Crippen molar-refractivity contribution in [2.75, 3.05) is 45.2 Å². The number of methoxy groups -OCH3 is 1. The zero-order chi connectivity index (χ0) is 37.3. The van der Waals surface area contributed by atoms with Crippen molar-refractivity contribution in [3.05, 3.63) is 12.2 Å². The zero-order valence-electron chi connectivity index (χ0n) is 32.1.